The molecule has 1 aromatic carbocycles. The third-order valence-corrected chi connectivity index (χ3v) is 3.39. The van der Waals surface area contributed by atoms with Crippen molar-refractivity contribution < 1.29 is 4.79 Å². The van der Waals surface area contributed by atoms with Crippen molar-refractivity contribution in [1.82, 2.24) is 10.3 Å². The number of pyridine rings is 1. The Balaban J connectivity index is 1.67. The van der Waals surface area contributed by atoms with E-state index in [9.17, 15) is 9.59 Å². The highest BCUT2D eigenvalue weighted by atomic mass is 35.5. The lowest BCUT2D eigenvalue weighted by Gasteiger charge is -2.05. The Bertz CT molecular complexity index is 630. The maximum absolute atomic E-state index is 11.8. The van der Waals surface area contributed by atoms with Gasteiger partial charge in [0.25, 0.3) is 5.91 Å². The van der Waals surface area contributed by atoms with Crippen LogP contribution in [0.2, 0.25) is 5.02 Å². The first kappa shape index (κ1) is 15.3. The Kier molecular flexibility index (Phi) is 5.58. The molecule has 0 aliphatic carbocycles. The second-order valence-electron chi connectivity index (χ2n) is 4.78. The number of hydrogen-bond acceptors (Lipinski definition) is 2. The number of aromatic amines is 1. The van der Waals surface area contributed by atoms with Crippen molar-refractivity contribution in [1.29, 1.82) is 0 Å². The molecule has 1 amide bonds. The molecule has 0 saturated carbocycles. The third-order valence-electron chi connectivity index (χ3n) is 3.14. The van der Waals surface area contributed by atoms with Gasteiger partial charge in [-0.25, -0.2) is 0 Å². The highest BCUT2D eigenvalue weighted by molar-refractivity contribution is 6.30. The lowest BCUT2D eigenvalue weighted by molar-refractivity contribution is 0.0952. The van der Waals surface area contributed by atoms with Crippen LogP contribution in [0, 0.1) is 0 Å². The van der Waals surface area contributed by atoms with Gasteiger partial charge in [0.2, 0.25) is 5.56 Å². The van der Waals surface area contributed by atoms with Crippen molar-refractivity contribution in [3.63, 3.8) is 0 Å². The minimum absolute atomic E-state index is 0.169. The Labute approximate surface area is 128 Å². The van der Waals surface area contributed by atoms with Gasteiger partial charge in [-0.2, -0.15) is 0 Å². The number of rotatable bonds is 6. The van der Waals surface area contributed by atoms with Crippen LogP contribution in [0.1, 0.15) is 28.8 Å². The third kappa shape index (κ3) is 5.08. The number of benzene rings is 1. The molecule has 0 aliphatic heterocycles. The van der Waals surface area contributed by atoms with Gasteiger partial charge in [0.15, 0.2) is 0 Å². The summed E-state index contributed by atoms with van der Waals surface area (Å²) in [6.07, 6.45) is 4.28. The zero-order chi connectivity index (χ0) is 15.1. The number of aromatic nitrogens is 1. The summed E-state index contributed by atoms with van der Waals surface area (Å²) in [5.74, 6) is -0.169. The molecule has 0 bridgehead atoms. The zero-order valence-corrected chi connectivity index (χ0v) is 12.3. The number of carbonyl (C=O) groups excluding carboxylic acids is 1. The number of H-pyrrole nitrogens is 1. The Hall–Kier alpha value is -2.07. The molecule has 21 heavy (non-hydrogen) atoms. The Morgan fingerprint density at radius 1 is 1.10 bits per heavy atom. The maximum Gasteiger partial charge on any atom is 0.252 e. The van der Waals surface area contributed by atoms with E-state index in [0.29, 0.717) is 12.1 Å². The molecule has 1 aromatic heterocycles. The quantitative estimate of drug-likeness (QED) is 0.806. The van der Waals surface area contributed by atoms with Crippen LogP contribution in [-0.2, 0) is 6.42 Å². The van der Waals surface area contributed by atoms with Crippen molar-refractivity contribution >= 4 is 17.5 Å². The minimum Gasteiger partial charge on any atom is -0.352 e. The standard InChI is InChI=1S/C16H17ClN2O2/c17-14-7-4-12(5-8-14)3-1-2-10-18-16(21)13-6-9-15(20)19-11-13/h4-9,11H,1-3,10H2,(H,18,21)(H,19,20). The summed E-state index contributed by atoms with van der Waals surface area (Å²) in [6, 6.07) is 10.7. The van der Waals surface area contributed by atoms with Crippen molar-refractivity contribution in [3.05, 3.63) is 69.1 Å². The number of carbonyl (C=O) groups is 1. The van der Waals surface area contributed by atoms with E-state index < -0.39 is 0 Å². The number of amides is 1. The molecule has 0 unspecified atom stereocenters. The summed E-state index contributed by atoms with van der Waals surface area (Å²) in [4.78, 5) is 25.2. The molecular formula is C16H17ClN2O2. The van der Waals surface area contributed by atoms with Crippen LogP contribution in [0.4, 0.5) is 0 Å². The van der Waals surface area contributed by atoms with Crippen LogP contribution >= 0.6 is 11.6 Å². The summed E-state index contributed by atoms with van der Waals surface area (Å²) >= 11 is 5.83. The number of halogens is 1. The van der Waals surface area contributed by atoms with E-state index in [1.54, 1.807) is 0 Å². The van der Waals surface area contributed by atoms with Crippen molar-refractivity contribution in [2.45, 2.75) is 19.3 Å². The Morgan fingerprint density at radius 3 is 2.52 bits per heavy atom. The van der Waals surface area contributed by atoms with Gasteiger partial charge in [0.1, 0.15) is 0 Å². The first-order chi connectivity index (χ1) is 10.1. The number of unbranched alkanes of at least 4 members (excludes halogenated alkanes) is 1. The number of nitrogens with one attached hydrogen (secondary N) is 2. The van der Waals surface area contributed by atoms with E-state index in [-0.39, 0.29) is 11.5 Å². The molecule has 110 valence electrons. The van der Waals surface area contributed by atoms with E-state index in [1.807, 2.05) is 24.3 Å². The molecule has 0 radical (unpaired) electrons. The molecule has 0 fully saturated rings. The molecular weight excluding hydrogens is 288 g/mol. The monoisotopic (exact) mass is 304 g/mol. The lowest BCUT2D eigenvalue weighted by atomic mass is 10.1. The molecule has 0 atom stereocenters. The maximum atomic E-state index is 11.8. The second kappa shape index (κ2) is 7.64. The fraction of sp³-hybridized carbons (Fsp3) is 0.250. The van der Waals surface area contributed by atoms with Crippen LogP contribution in [0.5, 0.6) is 0 Å². The summed E-state index contributed by atoms with van der Waals surface area (Å²) in [6.45, 7) is 0.617. The largest absolute Gasteiger partial charge is 0.352 e. The van der Waals surface area contributed by atoms with Gasteiger partial charge in [-0.05, 0) is 43.0 Å². The smallest absolute Gasteiger partial charge is 0.252 e. The number of aryl methyl sites for hydroxylation is 1. The fourth-order valence-corrected chi connectivity index (χ4v) is 2.09. The average molecular weight is 305 g/mol. The average Bonchev–Trinajstić information content (AvgIpc) is 2.49. The van der Waals surface area contributed by atoms with Crippen LogP contribution in [-0.4, -0.2) is 17.4 Å². The van der Waals surface area contributed by atoms with Crippen LogP contribution in [0.25, 0.3) is 0 Å². The van der Waals surface area contributed by atoms with Gasteiger partial charge in [0, 0.05) is 23.8 Å². The summed E-state index contributed by atoms with van der Waals surface area (Å²) in [5.41, 5.74) is 1.49. The van der Waals surface area contributed by atoms with E-state index in [2.05, 4.69) is 10.3 Å². The fourth-order valence-electron chi connectivity index (χ4n) is 1.96. The minimum atomic E-state index is -0.213. The van der Waals surface area contributed by atoms with E-state index >= 15 is 0 Å². The lowest BCUT2D eigenvalue weighted by Crippen LogP contribution is -2.25. The molecule has 2 rings (SSSR count). The Morgan fingerprint density at radius 2 is 1.86 bits per heavy atom. The summed E-state index contributed by atoms with van der Waals surface area (Å²) in [5, 5.41) is 3.57. The topological polar surface area (TPSA) is 62.0 Å². The van der Waals surface area contributed by atoms with Gasteiger partial charge >= 0.3 is 0 Å². The molecule has 1 heterocycles. The van der Waals surface area contributed by atoms with Gasteiger partial charge < -0.3 is 10.3 Å². The SMILES string of the molecule is O=C(NCCCCc1ccc(Cl)cc1)c1ccc(=O)[nH]c1. The predicted octanol–water partition coefficient (Wildman–Crippen LogP) is 2.78. The normalized spacial score (nSPS) is 10.3. The zero-order valence-electron chi connectivity index (χ0n) is 11.6. The van der Waals surface area contributed by atoms with Crippen LogP contribution in [0.3, 0.4) is 0 Å². The number of hydrogen-bond donors (Lipinski definition) is 2. The van der Waals surface area contributed by atoms with Gasteiger partial charge in [0.05, 0.1) is 5.56 Å². The van der Waals surface area contributed by atoms with E-state index in [4.69, 9.17) is 11.6 Å². The predicted molar refractivity (Wildman–Crippen MR) is 83.8 cm³/mol. The van der Waals surface area contributed by atoms with Crippen LogP contribution in [0.15, 0.2) is 47.4 Å². The highest BCUT2D eigenvalue weighted by Gasteiger charge is 2.04. The first-order valence-electron chi connectivity index (χ1n) is 6.86. The summed E-state index contributed by atoms with van der Waals surface area (Å²) < 4.78 is 0. The van der Waals surface area contributed by atoms with Crippen molar-refractivity contribution in [2.75, 3.05) is 6.54 Å². The molecule has 2 aromatic rings. The molecule has 0 saturated heterocycles. The summed E-state index contributed by atoms with van der Waals surface area (Å²) in [7, 11) is 0. The molecule has 0 spiro atoms. The molecule has 4 nitrogen and oxygen atoms in total. The molecule has 0 aliphatic rings. The first-order valence-corrected chi connectivity index (χ1v) is 7.24. The van der Waals surface area contributed by atoms with Gasteiger partial charge in [-0.3, -0.25) is 9.59 Å². The molecule has 2 N–H and O–H groups in total. The van der Waals surface area contributed by atoms with Gasteiger partial charge in [-0.1, -0.05) is 23.7 Å². The van der Waals surface area contributed by atoms with Gasteiger partial charge in [-0.15, -0.1) is 0 Å². The van der Waals surface area contributed by atoms with Crippen LogP contribution < -0.4 is 10.9 Å². The van der Waals surface area contributed by atoms with Crippen molar-refractivity contribution in [3.8, 4) is 0 Å². The van der Waals surface area contributed by atoms with Crippen molar-refractivity contribution in [2.24, 2.45) is 0 Å². The van der Waals surface area contributed by atoms with E-state index in [0.717, 1.165) is 24.3 Å². The highest BCUT2D eigenvalue weighted by Crippen LogP contribution is 2.11. The molecule has 5 heteroatoms. The van der Waals surface area contributed by atoms with E-state index in [1.165, 1.54) is 23.9 Å². The second-order valence-corrected chi connectivity index (χ2v) is 5.22.